The third-order valence-corrected chi connectivity index (χ3v) is 2.32. The first kappa shape index (κ1) is 10.8. The summed E-state index contributed by atoms with van der Waals surface area (Å²) in [5.41, 5.74) is 0.575. The second-order valence-corrected chi connectivity index (χ2v) is 3.42. The van der Waals surface area contributed by atoms with Crippen LogP contribution in [0.15, 0.2) is 18.2 Å². The number of hydrogen-bond acceptors (Lipinski definition) is 3. The molecule has 0 radical (unpaired) electrons. The number of carbonyl (C=O) groups excluding carboxylic acids is 1. The van der Waals surface area contributed by atoms with Crippen LogP contribution in [0.4, 0.5) is 5.69 Å². The Morgan fingerprint density at radius 3 is 2.64 bits per heavy atom. The van der Waals surface area contributed by atoms with E-state index in [2.05, 4.69) is 15.9 Å². The van der Waals surface area contributed by atoms with E-state index in [0.29, 0.717) is 12.0 Å². The lowest BCUT2D eigenvalue weighted by Crippen LogP contribution is -2.01. The van der Waals surface area contributed by atoms with E-state index >= 15 is 0 Å². The lowest BCUT2D eigenvalue weighted by atomic mass is 10.1. The molecule has 1 aromatic carbocycles. The normalized spacial score (nSPS) is 9.86. The topological polar surface area (TPSA) is 60.2 Å². The molecular weight excluding hydrogens is 250 g/mol. The van der Waals surface area contributed by atoms with E-state index in [4.69, 9.17) is 0 Å². The minimum absolute atomic E-state index is 0.100. The van der Waals surface area contributed by atoms with Gasteiger partial charge < -0.3 is 0 Å². The van der Waals surface area contributed by atoms with Crippen molar-refractivity contribution >= 4 is 26.3 Å². The maximum Gasteiger partial charge on any atom is 0.284 e. The van der Waals surface area contributed by atoms with Crippen molar-refractivity contribution in [3.8, 4) is 0 Å². The first-order valence-electron chi connectivity index (χ1n) is 4.04. The molecule has 0 bridgehead atoms. The fraction of sp³-hybridized carbons (Fsp3) is 0.222. The Morgan fingerprint density at radius 2 is 2.21 bits per heavy atom. The lowest BCUT2D eigenvalue weighted by molar-refractivity contribution is -0.385. The van der Waals surface area contributed by atoms with Gasteiger partial charge >= 0.3 is 0 Å². The predicted octanol–water partition coefficient (Wildman–Crippen LogP) is 2.69. The summed E-state index contributed by atoms with van der Waals surface area (Å²) >= 11 is 2.72. The van der Waals surface area contributed by atoms with E-state index in [9.17, 15) is 14.9 Å². The zero-order valence-corrected chi connectivity index (χ0v) is 9.08. The van der Waals surface area contributed by atoms with Gasteiger partial charge in [-0.2, -0.15) is 0 Å². The van der Waals surface area contributed by atoms with Gasteiger partial charge in [0.25, 0.3) is 5.69 Å². The average molecular weight is 258 g/mol. The number of nitro groups is 1. The second kappa shape index (κ2) is 4.32. The van der Waals surface area contributed by atoms with Crippen LogP contribution >= 0.6 is 15.9 Å². The molecule has 0 heterocycles. The van der Waals surface area contributed by atoms with Gasteiger partial charge in [0.15, 0.2) is 0 Å². The molecule has 0 aliphatic carbocycles. The van der Waals surface area contributed by atoms with E-state index in [1.54, 1.807) is 12.1 Å². The molecular formula is C9H8BrNO3. The van der Waals surface area contributed by atoms with Crippen LogP contribution < -0.4 is 0 Å². The highest BCUT2D eigenvalue weighted by Gasteiger charge is 2.21. The van der Waals surface area contributed by atoms with Crippen molar-refractivity contribution in [1.82, 2.24) is 0 Å². The fourth-order valence-corrected chi connectivity index (χ4v) is 1.57. The molecule has 5 heteroatoms. The van der Waals surface area contributed by atoms with Crippen molar-refractivity contribution in [2.24, 2.45) is 0 Å². The summed E-state index contributed by atoms with van der Waals surface area (Å²) in [5.74, 6) is 0. The fourth-order valence-electron chi connectivity index (χ4n) is 1.25. The molecule has 0 amide bonds. The van der Waals surface area contributed by atoms with Crippen LogP contribution in [-0.4, -0.2) is 9.62 Å². The number of halogens is 1. The summed E-state index contributed by atoms with van der Waals surface area (Å²) in [5, 5.41) is 10.7. The maximum absolute atomic E-state index is 11.1. The molecule has 0 spiro atoms. The first-order chi connectivity index (χ1) is 6.57. The minimum Gasteiger partial charge on any atom is -0.281 e. The van der Waals surface area contributed by atoms with Crippen LogP contribution in [0.25, 0.3) is 0 Å². The molecule has 0 aliphatic rings. The molecule has 74 valence electrons. The highest BCUT2D eigenvalue weighted by atomic mass is 79.9. The van der Waals surface area contributed by atoms with Crippen molar-refractivity contribution in [1.29, 1.82) is 0 Å². The zero-order valence-electron chi connectivity index (χ0n) is 7.49. The summed E-state index contributed by atoms with van der Waals surface area (Å²) in [6.07, 6.45) is 0.532. The molecule has 0 aliphatic heterocycles. The molecule has 0 atom stereocenters. The molecule has 0 N–H and O–H groups in total. The van der Waals surface area contributed by atoms with Crippen molar-refractivity contribution in [3.05, 3.63) is 39.4 Å². The van der Waals surface area contributed by atoms with Crippen LogP contribution in [0.2, 0.25) is 0 Å². The van der Waals surface area contributed by atoms with E-state index in [1.807, 2.05) is 6.92 Å². The first-order valence-corrected chi connectivity index (χ1v) is 4.83. The molecule has 4 nitrogen and oxygen atoms in total. The minimum atomic E-state index is -0.521. The van der Waals surface area contributed by atoms with Gasteiger partial charge in [-0.15, -0.1) is 0 Å². The quantitative estimate of drug-likeness (QED) is 0.475. The highest BCUT2D eigenvalue weighted by Crippen LogP contribution is 2.25. The monoisotopic (exact) mass is 257 g/mol. The Labute approximate surface area is 89.2 Å². The summed E-state index contributed by atoms with van der Waals surface area (Å²) in [6.45, 7) is 1.81. The largest absolute Gasteiger partial charge is 0.284 e. The van der Waals surface area contributed by atoms with Crippen molar-refractivity contribution in [2.45, 2.75) is 13.3 Å². The highest BCUT2D eigenvalue weighted by molar-refractivity contribution is 9.18. The molecule has 0 unspecified atom stereocenters. The SMILES string of the molecule is CCc1cccc(C(=O)Br)c1[N+](=O)[O-]. The molecule has 14 heavy (non-hydrogen) atoms. The number of benzene rings is 1. The number of nitrogens with zero attached hydrogens (tertiary/aromatic N) is 1. The van der Waals surface area contributed by atoms with E-state index in [1.165, 1.54) is 6.07 Å². The Balaban J connectivity index is 3.43. The number of aryl methyl sites for hydroxylation is 1. The van der Waals surface area contributed by atoms with E-state index in [0.717, 1.165) is 0 Å². The zero-order chi connectivity index (χ0) is 10.7. The van der Waals surface area contributed by atoms with E-state index in [-0.39, 0.29) is 11.3 Å². The van der Waals surface area contributed by atoms with Gasteiger partial charge in [-0.25, -0.2) is 0 Å². The number of para-hydroxylation sites is 1. The Hall–Kier alpha value is -1.23. The summed E-state index contributed by atoms with van der Waals surface area (Å²) < 4.78 is -0.459. The molecule has 1 rings (SSSR count). The Morgan fingerprint density at radius 1 is 1.57 bits per heavy atom. The summed E-state index contributed by atoms with van der Waals surface area (Å²) in [4.78, 5) is 21.3. The predicted molar refractivity (Wildman–Crippen MR) is 55.7 cm³/mol. The molecule has 0 saturated heterocycles. The van der Waals surface area contributed by atoms with Crippen LogP contribution in [0.3, 0.4) is 0 Å². The third kappa shape index (κ3) is 1.98. The summed E-state index contributed by atoms with van der Waals surface area (Å²) in [6, 6.07) is 4.73. The summed E-state index contributed by atoms with van der Waals surface area (Å²) in [7, 11) is 0. The van der Waals surface area contributed by atoms with Gasteiger partial charge in [-0.1, -0.05) is 19.1 Å². The molecule has 1 aromatic rings. The van der Waals surface area contributed by atoms with Crippen molar-refractivity contribution in [3.63, 3.8) is 0 Å². The van der Waals surface area contributed by atoms with Crippen molar-refractivity contribution in [2.75, 3.05) is 0 Å². The van der Waals surface area contributed by atoms with E-state index < -0.39 is 9.62 Å². The number of nitro benzene ring substituents is 1. The molecule has 0 aromatic heterocycles. The second-order valence-electron chi connectivity index (χ2n) is 2.70. The molecule has 0 fully saturated rings. The number of rotatable bonds is 3. The van der Waals surface area contributed by atoms with Gasteiger partial charge in [0.05, 0.1) is 4.92 Å². The van der Waals surface area contributed by atoms with Crippen LogP contribution in [0.1, 0.15) is 22.8 Å². The van der Waals surface area contributed by atoms with Crippen molar-refractivity contribution < 1.29 is 9.72 Å². The number of carbonyl (C=O) groups is 1. The number of hydrogen-bond donors (Lipinski definition) is 0. The van der Waals surface area contributed by atoms with Gasteiger partial charge in [0, 0.05) is 5.56 Å². The molecule has 0 saturated carbocycles. The van der Waals surface area contributed by atoms with Gasteiger partial charge in [0.2, 0.25) is 4.69 Å². The van der Waals surface area contributed by atoms with Crippen LogP contribution in [0, 0.1) is 10.1 Å². The van der Waals surface area contributed by atoms with Crippen LogP contribution in [0.5, 0.6) is 0 Å². The van der Waals surface area contributed by atoms with Gasteiger partial charge in [-0.05, 0) is 28.4 Å². The Kier molecular flexibility index (Phi) is 3.35. The Bertz CT molecular complexity index is 390. The van der Waals surface area contributed by atoms with Gasteiger partial charge in [0.1, 0.15) is 5.56 Å². The average Bonchev–Trinajstić information content (AvgIpc) is 2.16. The smallest absolute Gasteiger partial charge is 0.281 e. The lowest BCUT2D eigenvalue weighted by Gasteiger charge is -2.02. The third-order valence-electron chi connectivity index (χ3n) is 1.89. The maximum atomic E-state index is 11.1. The van der Waals surface area contributed by atoms with Gasteiger partial charge in [-0.3, -0.25) is 14.9 Å². The standard InChI is InChI=1S/C9H8BrNO3/c1-2-6-4-3-5-7(9(10)12)8(6)11(13)14/h3-5H,2H2,1H3. The van der Waals surface area contributed by atoms with Crippen LogP contribution in [-0.2, 0) is 6.42 Å².